The van der Waals surface area contributed by atoms with E-state index in [4.69, 9.17) is 5.73 Å². The second-order valence-electron chi connectivity index (χ2n) is 4.74. The molecule has 0 spiro atoms. The molecule has 0 atom stereocenters. The standard InChI is InChI=1S/C15H22N2O2/c1-3-11(4-2)10-17-15(19)13-7-5-6-12(8-13)9-14(16)18/h5-8,11H,3-4,9-10H2,1-2H3,(H2,16,18)(H,17,19). The highest BCUT2D eigenvalue weighted by Crippen LogP contribution is 2.08. The Morgan fingerprint density at radius 1 is 1.26 bits per heavy atom. The molecule has 0 aliphatic carbocycles. The Balaban J connectivity index is 2.64. The van der Waals surface area contributed by atoms with Crippen molar-refractivity contribution in [3.63, 3.8) is 0 Å². The molecular formula is C15H22N2O2. The van der Waals surface area contributed by atoms with Crippen molar-refractivity contribution in [3.05, 3.63) is 35.4 Å². The molecule has 3 N–H and O–H groups in total. The first kappa shape index (κ1) is 15.2. The summed E-state index contributed by atoms with van der Waals surface area (Å²) in [4.78, 5) is 22.9. The maximum atomic E-state index is 12.0. The lowest BCUT2D eigenvalue weighted by Crippen LogP contribution is -2.29. The second-order valence-corrected chi connectivity index (χ2v) is 4.74. The van der Waals surface area contributed by atoms with Gasteiger partial charge in [0.15, 0.2) is 0 Å². The van der Waals surface area contributed by atoms with E-state index in [9.17, 15) is 9.59 Å². The number of carbonyl (C=O) groups is 2. The average molecular weight is 262 g/mol. The Hall–Kier alpha value is -1.84. The molecule has 0 saturated heterocycles. The average Bonchev–Trinajstić information content (AvgIpc) is 2.39. The van der Waals surface area contributed by atoms with E-state index in [0.29, 0.717) is 18.0 Å². The number of amides is 2. The number of rotatable bonds is 7. The fourth-order valence-corrected chi connectivity index (χ4v) is 1.94. The van der Waals surface area contributed by atoms with Crippen LogP contribution in [0, 0.1) is 5.92 Å². The predicted octanol–water partition coefficient (Wildman–Crippen LogP) is 1.88. The summed E-state index contributed by atoms with van der Waals surface area (Å²) >= 11 is 0. The highest BCUT2D eigenvalue weighted by Gasteiger charge is 2.09. The molecule has 19 heavy (non-hydrogen) atoms. The van der Waals surface area contributed by atoms with Gasteiger partial charge in [0.25, 0.3) is 5.91 Å². The van der Waals surface area contributed by atoms with Crippen LogP contribution in [0.3, 0.4) is 0 Å². The van der Waals surface area contributed by atoms with Crippen molar-refractivity contribution in [2.24, 2.45) is 11.7 Å². The molecule has 4 nitrogen and oxygen atoms in total. The summed E-state index contributed by atoms with van der Waals surface area (Å²) < 4.78 is 0. The normalized spacial score (nSPS) is 10.5. The molecule has 0 aromatic heterocycles. The number of hydrogen-bond donors (Lipinski definition) is 2. The van der Waals surface area contributed by atoms with E-state index in [1.807, 2.05) is 0 Å². The summed E-state index contributed by atoms with van der Waals surface area (Å²) in [5.74, 6) is 0.0190. The minimum atomic E-state index is -0.394. The maximum Gasteiger partial charge on any atom is 0.251 e. The van der Waals surface area contributed by atoms with Crippen LogP contribution in [0.5, 0.6) is 0 Å². The highest BCUT2D eigenvalue weighted by atomic mass is 16.2. The zero-order chi connectivity index (χ0) is 14.3. The van der Waals surface area contributed by atoms with Crippen molar-refractivity contribution in [2.45, 2.75) is 33.1 Å². The van der Waals surface area contributed by atoms with Crippen LogP contribution < -0.4 is 11.1 Å². The van der Waals surface area contributed by atoms with E-state index in [1.165, 1.54) is 0 Å². The van der Waals surface area contributed by atoms with Gasteiger partial charge in [-0.15, -0.1) is 0 Å². The third-order valence-electron chi connectivity index (χ3n) is 3.27. The Morgan fingerprint density at radius 3 is 2.53 bits per heavy atom. The smallest absolute Gasteiger partial charge is 0.251 e. The highest BCUT2D eigenvalue weighted by molar-refractivity contribution is 5.94. The first-order valence-corrected chi connectivity index (χ1v) is 6.72. The topological polar surface area (TPSA) is 72.2 Å². The van der Waals surface area contributed by atoms with Crippen molar-refractivity contribution >= 4 is 11.8 Å². The van der Waals surface area contributed by atoms with Gasteiger partial charge in [-0.05, 0) is 23.6 Å². The van der Waals surface area contributed by atoms with Gasteiger partial charge in [-0.2, -0.15) is 0 Å². The van der Waals surface area contributed by atoms with Gasteiger partial charge >= 0.3 is 0 Å². The summed E-state index contributed by atoms with van der Waals surface area (Å²) in [5.41, 5.74) is 6.49. The summed E-state index contributed by atoms with van der Waals surface area (Å²) in [5, 5.41) is 2.93. The van der Waals surface area contributed by atoms with Crippen LogP contribution in [-0.4, -0.2) is 18.4 Å². The van der Waals surface area contributed by atoms with E-state index >= 15 is 0 Å². The van der Waals surface area contributed by atoms with Crippen LogP contribution in [0.2, 0.25) is 0 Å². The molecule has 0 radical (unpaired) electrons. The van der Waals surface area contributed by atoms with Crippen molar-refractivity contribution < 1.29 is 9.59 Å². The molecule has 0 fully saturated rings. The van der Waals surface area contributed by atoms with E-state index in [-0.39, 0.29) is 12.3 Å². The number of hydrogen-bond acceptors (Lipinski definition) is 2. The van der Waals surface area contributed by atoms with E-state index in [1.54, 1.807) is 24.3 Å². The van der Waals surface area contributed by atoms with Gasteiger partial charge in [0.2, 0.25) is 5.91 Å². The third-order valence-corrected chi connectivity index (χ3v) is 3.27. The molecule has 2 amide bonds. The molecule has 0 aliphatic heterocycles. The van der Waals surface area contributed by atoms with Crippen LogP contribution in [0.1, 0.15) is 42.6 Å². The Bertz CT molecular complexity index is 440. The fraction of sp³-hybridized carbons (Fsp3) is 0.467. The molecule has 0 bridgehead atoms. The third kappa shape index (κ3) is 5.12. The summed E-state index contributed by atoms with van der Waals surface area (Å²) in [6.45, 7) is 4.92. The van der Waals surface area contributed by atoms with E-state index in [0.717, 1.165) is 18.4 Å². The molecule has 0 heterocycles. The molecule has 0 saturated carbocycles. The lowest BCUT2D eigenvalue weighted by molar-refractivity contribution is -0.117. The summed E-state index contributed by atoms with van der Waals surface area (Å²) in [6, 6.07) is 7.02. The minimum Gasteiger partial charge on any atom is -0.369 e. The molecule has 0 aliphatic rings. The van der Waals surface area contributed by atoms with Crippen molar-refractivity contribution in [2.75, 3.05) is 6.54 Å². The predicted molar refractivity (Wildman–Crippen MR) is 75.7 cm³/mol. The van der Waals surface area contributed by atoms with Gasteiger partial charge in [-0.25, -0.2) is 0 Å². The van der Waals surface area contributed by atoms with Gasteiger partial charge in [0, 0.05) is 12.1 Å². The molecule has 1 rings (SSSR count). The van der Waals surface area contributed by atoms with Crippen molar-refractivity contribution in [1.29, 1.82) is 0 Å². The van der Waals surface area contributed by atoms with Crippen LogP contribution in [0.4, 0.5) is 0 Å². The lowest BCUT2D eigenvalue weighted by atomic mass is 10.0. The van der Waals surface area contributed by atoms with Crippen LogP contribution >= 0.6 is 0 Å². The molecule has 104 valence electrons. The number of nitrogens with two attached hydrogens (primary N) is 1. The quantitative estimate of drug-likeness (QED) is 0.787. The molecule has 0 unspecified atom stereocenters. The maximum absolute atomic E-state index is 12.0. The summed E-state index contributed by atoms with van der Waals surface area (Å²) in [6.07, 6.45) is 2.27. The molecule has 1 aromatic rings. The van der Waals surface area contributed by atoms with Crippen LogP contribution in [-0.2, 0) is 11.2 Å². The van der Waals surface area contributed by atoms with Gasteiger partial charge < -0.3 is 11.1 Å². The van der Waals surface area contributed by atoms with E-state index < -0.39 is 5.91 Å². The SMILES string of the molecule is CCC(CC)CNC(=O)c1cccc(CC(N)=O)c1. The monoisotopic (exact) mass is 262 g/mol. The first-order valence-electron chi connectivity index (χ1n) is 6.72. The molecule has 4 heteroatoms. The zero-order valence-electron chi connectivity index (χ0n) is 11.6. The zero-order valence-corrected chi connectivity index (χ0v) is 11.6. The van der Waals surface area contributed by atoms with Crippen LogP contribution in [0.15, 0.2) is 24.3 Å². The number of primary amides is 1. The summed E-state index contributed by atoms with van der Waals surface area (Å²) in [7, 11) is 0. The van der Waals surface area contributed by atoms with Gasteiger partial charge in [-0.3, -0.25) is 9.59 Å². The Morgan fingerprint density at radius 2 is 1.95 bits per heavy atom. The number of nitrogens with one attached hydrogen (secondary N) is 1. The largest absolute Gasteiger partial charge is 0.369 e. The van der Waals surface area contributed by atoms with Crippen molar-refractivity contribution in [3.8, 4) is 0 Å². The number of benzene rings is 1. The van der Waals surface area contributed by atoms with Gasteiger partial charge in [-0.1, -0.05) is 38.8 Å². The van der Waals surface area contributed by atoms with Crippen LogP contribution in [0.25, 0.3) is 0 Å². The van der Waals surface area contributed by atoms with Gasteiger partial charge in [0.1, 0.15) is 0 Å². The Kier molecular flexibility index (Phi) is 6.06. The first-order chi connectivity index (χ1) is 9.06. The van der Waals surface area contributed by atoms with Gasteiger partial charge in [0.05, 0.1) is 6.42 Å². The van der Waals surface area contributed by atoms with E-state index in [2.05, 4.69) is 19.2 Å². The minimum absolute atomic E-state index is 0.0989. The number of carbonyl (C=O) groups excluding carboxylic acids is 2. The molecular weight excluding hydrogens is 240 g/mol. The fourth-order valence-electron chi connectivity index (χ4n) is 1.94. The lowest BCUT2D eigenvalue weighted by Gasteiger charge is -2.13. The molecule has 1 aromatic carbocycles. The Labute approximate surface area is 114 Å². The second kappa shape index (κ2) is 7.56. The van der Waals surface area contributed by atoms with Crippen molar-refractivity contribution in [1.82, 2.24) is 5.32 Å².